The van der Waals surface area contributed by atoms with E-state index in [1.807, 2.05) is 12.1 Å². The van der Waals surface area contributed by atoms with E-state index in [0.717, 1.165) is 22.4 Å². The van der Waals surface area contributed by atoms with Crippen LogP contribution >= 0.6 is 11.3 Å². The first-order chi connectivity index (χ1) is 7.40. The molecule has 0 bridgehead atoms. The number of thiophene rings is 1. The van der Waals surface area contributed by atoms with Gasteiger partial charge in [0.05, 0.1) is 4.70 Å². The van der Waals surface area contributed by atoms with Gasteiger partial charge < -0.3 is 10.3 Å². The van der Waals surface area contributed by atoms with E-state index >= 15 is 0 Å². The Morgan fingerprint density at radius 2 is 2.20 bits per heavy atom. The molecule has 15 heavy (non-hydrogen) atoms. The van der Waals surface area contributed by atoms with Crippen LogP contribution in [0.5, 0.6) is 0 Å². The van der Waals surface area contributed by atoms with Crippen LogP contribution in [0.25, 0.3) is 20.3 Å². The summed E-state index contributed by atoms with van der Waals surface area (Å²) < 4.78 is 7.68. The molecular weight excluding hydrogens is 208 g/mol. The molecule has 0 aliphatic carbocycles. The Bertz CT molecular complexity index is 611. The predicted octanol–water partition coefficient (Wildman–Crippen LogP) is 2.54. The summed E-state index contributed by atoms with van der Waals surface area (Å²) in [6.07, 6.45) is 0.753. The van der Waals surface area contributed by atoms with Crippen LogP contribution in [0.4, 0.5) is 0 Å². The molecule has 0 fully saturated rings. The van der Waals surface area contributed by atoms with Gasteiger partial charge in [0.25, 0.3) is 0 Å². The highest BCUT2D eigenvalue weighted by molar-refractivity contribution is 7.25. The van der Waals surface area contributed by atoms with Crippen molar-refractivity contribution in [3.63, 3.8) is 0 Å². The number of aromatic nitrogens is 1. The summed E-state index contributed by atoms with van der Waals surface area (Å²) in [6, 6.07) is 8.24. The van der Waals surface area contributed by atoms with Gasteiger partial charge >= 0.3 is 0 Å². The topological polar surface area (TPSA) is 52.0 Å². The summed E-state index contributed by atoms with van der Waals surface area (Å²) in [7, 11) is 0. The molecule has 1 aromatic carbocycles. The number of hydrogen-bond donors (Lipinski definition) is 1. The maximum Gasteiger partial charge on any atom is 0.155 e. The van der Waals surface area contributed by atoms with E-state index in [1.54, 1.807) is 11.3 Å². The van der Waals surface area contributed by atoms with E-state index in [2.05, 4.69) is 17.3 Å². The molecule has 4 heteroatoms. The van der Waals surface area contributed by atoms with E-state index in [1.165, 1.54) is 10.1 Å². The zero-order chi connectivity index (χ0) is 10.3. The Hall–Kier alpha value is -1.39. The number of nitrogens with two attached hydrogens (primary N) is 1. The van der Waals surface area contributed by atoms with Crippen molar-refractivity contribution in [2.75, 3.05) is 6.54 Å². The average molecular weight is 218 g/mol. The first-order valence-corrected chi connectivity index (χ1v) is 5.67. The average Bonchev–Trinajstić information content (AvgIpc) is 2.79. The highest BCUT2D eigenvalue weighted by atomic mass is 32.1. The molecule has 0 aliphatic rings. The van der Waals surface area contributed by atoms with Gasteiger partial charge in [0.1, 0.15) is 5.52 Å². The molecule has 2 heterocycles. The fourth-order valence-corrected chi connectivity index (χ4v) is 2.88. The van der Waals surface area contributed by atoms with Crippen molar-refractivity contribution in [1.29, 1.82) is 0 Å². The van der Waals surface area contributed by atoms with Crippen LogP contribution in [0.3, 0.4) is 0 Å². The van der Waals surface area contributed by atoms with Crippen molar-refractivity contribution in [2.24, 2.45) is 5.73 Å². The molecule has 3 nitrogen and oxygen atoms in total. The first kappa shape index (κ1) is 8.88. The summed E-state index contributed by atoms with van der Waals surface area (Å²) in [5.41, 5.74) is 6.49. The molecule has 0 unspecified atom stereocenters. The smallest absolute Gasteiger partial charge is 0.155 e. The summed E-state index contributed by atoms with van der Waals surface area (Å²) in [6.45, 7) is 0.596. The highest BCUT2D eigenvalue weighted by Gasteiger charge is 2.13. The summed E-state index contributed by atoms with van der Waals surface area (Å²) in [5.74, 6) is 0.911. The summed E-state index contributed by atoms with van der Waals surface area (Å²) >= 11 is 1.72. The lowest BCUT2D eigenvalue weighted by Crippen LogP contribution is -2.01. The zero-order valence-electron chi connectivity index (χ0n) is 8.06. The van der Waals surface area contributed by atoms with Crippen LogP contribution in [-0.2, 0) is 6.42 Å². The lowest BCUT2D eigenvalue weighted by atomic mass is 10.2. The Morgan fingerprint density at radius 3 is 3.07 bits per heavy atom. The van der Waals surface area contributed by atoms with E-state index in [0.29, 0.717) is 6.54 Å². The third kappa shape index (κ3) is 1.26. The van der Waals surface area contributed by atoms with Gasteiger partial charge in [0.2, 0.25) is 0 Å². The molecule has 0 radical (unpaired) electrons. The minimum atomic E-state index is 0.596. The minimum absolute atomic E-state index is 0.596. The van der Waals surface area contributed by atoms with E-state index in [-0.39, 0.29) is 0 Å². The van der Waals surface area contributed by atoms with E-state index in [4.69, 9.17) is 10.3 Å². The first-order valence-electron chi connectivity index (χ1n) is 4.86. The van der Waals surface area contributed by atoms with Crippen LogP contribution in [0.1, 0.15) is 5.76 Å². The Morgan fingerprint density at radius 1 is 1.33 bits per heavy atom. The molecule has 0 atom stereocenters. The van der Waals surface area contributed by atoms with Crippen LogP contribution in [0.2, 0.25) is 0 Å². The van der Waals surface area contributed by atoms with Gasteiger partial charge in [-0.2, -0.15) is 0 Å². The molecule has 3 rings (SSSR count). The maximum atomic E-state index is 5.52. The van der Waals surface area contributed by atoms with Gasteiger partial charge in [-0.1, -0.05) is 23.4 Å². The molecule has 76 valence electrons. The van der Waals surface area contributed by atoms with Crippen LogP contribution in [-0.4, -0.2) is 11.7 Å². The quantitative estimate of drug-likeness (QED) is 0.719. The van der Waals surface area contributed by atoms with Crippen molar-refractivity contribution in [1.82, 2.24) is 5.16 Å². The molecule has 0 aliphatic heterocycles. The number of hydrogen-bond acceptors (Lipinski definition) is 4. The molecule has 2 N–H and O–H groups in total. The number of rotatable bonds is 2. The lowest BCUT2D eigenvalue weighted by Gasteiger charge is -1.87. The lowest BCUT2D eigenvalue weighted by molar-refractivity contribution is 0.393. The molecule has 0 amide bonds. The Kier molecular flexibility index (Phi) is 1.97. The van der Waals surface area contributed by atoms with Gasteiger partial charge in [-0.15, -0.1) is 11.3 Å². The second-order valence-corrected chi connectivity index (χ2v) is 4.47. The van der Waals surface area contributed by atoms with Crippen LogP contribution < -0.4 is 5.73 Å². The van der Waals surface area contributed by atoms with Gasteiger partial charge in [0, 0.05) is 16.5 Å². The zero-order valence-corrected chi connectivity index (χ0v) is 8.88. The van der Waals surface area contributed by atoms with E-state index < -0.39 is 0 Å². The normalized spacial score (nSPS) is 11.5. The second kappa shape index (κ2) is 3.32. The molecular formula is C11H10N2OS. The Labute approximate surface area is 90.5 Å². The largest absolute Gasteiger partial charge is 0.359 e. The minimum Gasteiger partial charge on any atom is -0.359 e. The fourth-order valence-electron chi connectivity index (χ4n) is 1.74. The summed E-state index contributed by atoms with van der Waals surface area (Å²) in [5, 5.41) is 5.28. The maximum absolute atomic E-state index is 5.52. The van der Waals surface area contributed by atoms with Crippen LogP contribution in [0.15, 0.2) is 28.8 Å². The number of fused-ring (bicyclic) bond motifs is 3. The van der Waals surface area contributed by atoms with E-state index in [9.17, 15) is 0 Å². The molecule has 2 aromatic heterocycles. The van der Waals surface area contributed by atoms with Gasteiger partial charge in [-0.05, 0) is 12.6 Å². The van der Waals surface area contributed by atoms with Gasteiger partial charge in [-0.3, -0.25) is 0 Å². The van der Waals surface area contributed by atoms with Crippen molar-refractivity contribution >= 4 is 31.6 Å². The number of benzene rings is 1. The highest BCUT2D eigenvalue weighted by Crippen LogP contribution is 2.35. The summed E-state index contributed by atoms with van der Waals surface area (Å²) in [4.78, 5) is 0. The monoisotopic (exact) mass is 218 g/mol. The van der Waals surface area contributed by atoms with Crippen molar-refractivity contribution in [3.8, 4) is 0 Å². The molecule has 0 spiro atoms. The van der Waals surface area contributed by atoms with Crippen LogP contribution in [0, 0.1) is 0 Å². The standard InChI is InChI=1S/C11H10N2OS/c12-6-5-8-11-10(13-14-8)7-3-1-2-4-9(7)15-11/h1-4H,5-6,12H2. The van der Waals surface area contributed by atoms with Crippen molar-refractivity contribution < 1.29 is 4.52 Å². The fraction of sp³-hybridized carbons (Fsp3) is 0.182. The molecule has 0 saturated carbocycles. The van der Waals surface area contributed by atoms with Crippen molar-refractivity contribution in [2.45, 2.75) is 6.42 Å². The van der Waals surface area contributed by atoms with Gasteiger partial charge in [-0.25, -0.2) is 0 Å². The number of nitrogens with zero attached hydrogens (tertiary/aromatic N) is 1. The third-order valence-corrected chi connectivity index (χ3v) is 3.64. The van der Waals surface area contributed by atoms with Gasteiger partial charge in [0.15, 0.2) is 5.76 Å². The second-order valence-electron chi connectivity index (χ2n) is 3.42. The van der Waals surface area contributed by atoms with Crippen molar-refractivity contribution in [3.05, 3.63) is 30.0 Å². The Balaban J connectivity index is 2.35. The predicted molar refractivity (Wildman–Crippen MR) is 62.2 cm³/mol. The SMILES string of the molecule is NCCc1onc2c1sc1ccccc12. The molecule has 3 aromatic rings. The molecule has 0 saturated heterocycles. The third-order valence-electron chi connectivity index (χ3n) is 2.44.